The zero-order valence-corrected chi connectivity index (χ0v) is 19.0. The molecule has 3 heteroatoms. The molecule has 2 bridgehead atoms. The Bertz CT molecular complexity index is 955. The monoisotopic (exact) mass is 451 g/mol. The lowest BCUT2D eigenvalue weighted by Crippen LogP contribution is -2.69. The average Bonchev–Trinajstić information content (AvgIpc) is 2.74. The first-order valence-corrected chi connectivity index (χ1v) is 11.6. The summed E-state index contributed by atoms with van der Waals surface area (Å²) < 4.78 is 6.72. The summed E-state index contributed by atoms with van der Waals surface area (Å²) in [7, 11) is 1.77. The first-order valence-electron chi connectivity index (χ1n) is 10.8. The van der Waals surface area contributed by atoms with E-state index in [4.69, 9.17) is 4.74 Å². The van der Waals surface area contributed by atoms with Gasteiger partial charge in [-0.1, -0.05) is 41.1 Å². The number of hydrogen-bond donors (Lipinski definition) is 0. The van der Waals surface area contributed by atoms with Gasteiger partial charge in [0.1, 0.15) is 5.75 Å². The predicted molar refractivity (Wildman–Crippen MR) is 124 cm³/mol. The summed E-state index contributed by atoms with van der Waals surface area (Å²) >= 11 is 3.71. The molecule has 4 atom stereocenters. The van der Waals surface area contributed by atoms with Gasteiger partial charge < -0.3 is 9.64 Å². The fourth-order valence-corrected chi connectivity index (χ4v) is 7.24. The van der Waals surface area contributed by atoms with Crippen LogP contribution in [0.1, 0.15) is 43.7 Å². The van der Waals surface area contributed by atoms with E-state index in [1.54, 1.807) is 7.11 Å². The van der Waals surface area contributed by atoms with Crippen molar-refractivity contribution < 1.29 is 4.74 Å². The van der Waals surface area contributed by atoms with Crippen LogP contribution in [0.4, 0.5) is 5.69 Å². The van der Waals surface area contributed by atoms with E-state index < -0.39 is 0 Å². The van der Waals surface area contributed by atoms with Crippen molar-refractivity contribution in [1.82, 2.24) is 0 Å². The molecule has 0 unspecified atom stereocenters. The molecule has 2 aliphatic heterocycles. The fourth-order valence-electron chi connectivity index (χ4n) is 6.85. The number of ether oxygens (including phenoxy) is 1. The van der Waals surface area contributed by atoms with E-state index in [-0.39, 0.29) is 5.54 Å². The number of halogens is 1. The predicted octanol–water partition coefficient (Wildman–Crippen LogP) is 6.73. The molecule has 1 saturated carbocycles. The van der Waals surface area contributed by atoms with Crippen LogP contribution < -0.4 is 9.64 Å². The number of benzene rings is 2. The highest BCUT2D eigenvalue weighted by Gasteiger charge is 2.63. The number of rotatable bonds is 4. The van der Waals surface area contributed by atoms with Gasteiger partial charge in [-0.15, -0.1) is 6.58 Å². The maximum atomic E-state index is 5.56. The van der Waals surface area contributed by atoms with E-state index in [0.29, 0.717) is 17.3 Å². The number of anilines is 1. The van der Waals surface area contributed by atoms with E-state index in [9.17, 15) is 0 Å². The van der Waals surface area contributed by atoms with Crippen LogP contribution in [0.2, 0.25) is 0 Å². The largest absolute Gasteiger partial charge is 0.497 e. The molecule has 2 aromatic carbocycles. The summed E-state index contributed by atoms with van der Waals surface area (Å²) in [5.41, 5.74) is 4.77. The zero-order chi connectivity index (χ0) is 20.2. The summed E-state index contributed by atoms with van der Waals surface area (Å²) in [5.74, 6) is 2.34. The Morgan fingerprint density at radius 2 is 2.10 bits per heavy atom. The number of nitrogens with zero attached hydrogens (tertiary/aromatic N) is 1. The van der Waals surface area contributed by atoms with Crippen molar-refractivity contribution in [2.45, 2.75) is 44.6 Å². The molecule has 4 aliphatic rings. The molecule has 2 aliphatic carbocycles. The standard InChI is InChI=1S/C26H30BrNO/c1-4-6-23-24-11-9-18-15-21(29-3)10-12-22(18)26(24)14-13-25(23,2)17-28(26)20-8-5-7-19(27)16-20/h4-5,7-8,10,12,15-16,23-24H,1,6,9,11,13-14,17H2,2-3H3/t23-,24-,25+,26-/m0/s1. The summed E-state index contributed by atoms with van der Waals surface area (Å²) in [6.45, 7) is 7.77. The summed E-state index contributed by atoms with van der Waals surface area (Å²) in [4.78, 5) is 2.76. The minimum Gasteiger partial charge on any atom is -0.497 e. The third-order valence-electron chi connectivity index (χ3n) is 8.12. The van der Waals surface area contributed by atoms with Gasteiger partial charge in [0.25, 0.3) is 0 Å². The Kier molecular flexibility index (Phi) is 4.58. The second kappa shape index (κ2) is 6.91. The Balaban J connectivity index is 1.72. The Hall–Kier alpha value is -1.74. The normalized spacial score (nSPS) is 32.4. The lowest BCUT2D eigenvalue weighted by molar-refractivity contribution is -0.0586. The molecule has 3 fully saturated rings. The second-order valence-electron chi connectivity index (χ2n) is 9.44. The van der Waals surface area contributed by atoms with Crippen molar-refractivity contribution >= 4 is 21.6 Å². The summed E-state index contributed by atoms with van der Waals surface area (Å²) in [6, 6.07) is 15.7. The minimum atomic E-state index is 0.0755. The molecule has 0 amide bonds. The lowest BCUT2D eigenvalue weighted by Gasteiger charge is -2.69. The first kappa shape index (κ1) is 19.2. The molecule has 0 radical (unpaired) electrons. The maximum Gasteiger partial charge on any atom is 0.119 e. The van der Waals surface area contributed by atoms with Crippen molar-refractivity contribution in [1.29, 1.82) is 0 Å². The van der Waals surface area contributed by atoms with Crippen LogP contribution in [0.15, 0.2) is 59.6 Å². The van der Waals surface area contributed by atoms with Crippen LogP contribution in [-0.2, 0) is 12.0 Å². The zero-order valence-electron chi connectivity index (χ0n) is 17.5. The van der Waals surface area contributed by atoms with E-state index in [1.807, 2.05) is 0 Å². The third kappa shape index (κ3) is 2.73. The molecule has 2 aromatic rings. The number of piperidine rings is 2. The molecule has 0 aromatic heterocycles. The van der Waals surface area contributed by atoms with Gasteiger partial charge in [-0.05, 0) is 90.8 Å². The van der Waals surface area contributed by atoms with Gasteiger partial charge >= 0.3 is 0 Å². The van der Waals surface area contributed by atoms with E-state index in [1.165, 1.54) is 36.1 Å². The molecular weight excluding hydrogens is 422 g/mol. The topological polar surface area (TPSA) is 12.5 Å². The maximum absolute atomic E-state index is 5.56. The molecule has 6 rings (SSSR count). The van der Waals surface area contributed by atoms with Crippen molar-refractivity contribution in [3.05, 3.63) is 70.7 Å². The molecule has 2 saturated heterocycles. The van der Waals surface area contributed by atoms with E-state index >= 15 is 0 Å². The molecule has 0 N–H and O–H groups in total. The summed E-state index contributed by atoms with van der Waals surface area (Å²) in [6.07, 6.45) is 8.21. The smallest absolute Gasteiger partial charge is 0.119 e. The molecule has 2 heterocycles. The van der Waals surface area contributed by atoms with Crippen LogP contribution in [0.25, 0.3) is 0 Å². The van der Waals surface area contributed by atoms with Gasteiger partial charge in [-0.2, -0.15) is 0 Å². The van der Waals surface area contributed by atoms with Gasteiger partial charge in [0.2, 0.25) is 0 Å². The van der Waals surface area contributed by atoms with Crippen molar-refractivity contribution in [3.8, 4) is 5.75 Å². The van der Waals surface area contributed by atoms with Gasteiger partial charge in [0, 0.05) is 16.7 Å². The highest BCUT2D eigenvalue weighted by atomic mass is 79.9. The van der Waals surface area contributed by atoms with Crippen LogP contribution >= 0.6 is 15.9 Å². The Morgan fingerprint density at radius 3 is 2.86 bits per heavy atom. The average molecular weight is 452 g/mol. The Morgan fingerprint density at radius 1 is 1.24 bits per heavy atom. The fraction of sp³-hybridized carbons (Fsp3) is 0.462. The molecule has 2 nitrogen and oxygen atoms in total. The number of methoxy groups -OCH3 is 1. The molecular formula is C26H30BrNO. The second-order valence-corrected chi connectivity index (χ2v) is 10.4. The van der Waals surface area contributed by atoms with Gasteiger partial charge in [-0.3, -0.25) is 0 Å². The van der Waals surface area contributed by atoms with Crippen LogP contribution in [0.3, 0.4) is 0 Å². The SMILES string of the molecule is C=CC[C@H]1[C@@H]2CCc3cc(OC)ccc3[C@@]23CC[C@]1(C)CN3c1cccc(Br)c1. The molecule has 29 heavy (non-hydrogen) atoms. The molecule has 152 valence electrons. The van der Waals surface area contributed by atoms with E-state index in [0.717, 1.165) is 29.6 Å². The quantitative estimate of drug-likeness (QED) is 0.477. The van der Waals surface area contributed by atoms with Crippen LogP contribution in [-0.4, -0.2) is 13.7 Å². The van der Waals surface area contributed by atoms with Crippen molar-refractivity contribution in [3.63, 3.8) is 0 Å². The third-order valence-corrected chi connectivity index (χ3v) is 8.61. The van der Waals surface area contributed by atoms with Crippen molar-refractivity contribution in [2.24, 2.45) is 17.3 Å². The Labute approximate surface area is 183 Å². The summed E-state index contributed by atoms with van der Waals surface area (Å²) in [5, 5.41) is 0. The van der Waals surface area contributed by atoms with Gasteiger partial charge in [0.15, 0.2) is 0 Å². The van der Waals surface area contributed by atoms with Crippen LogP contribution in [0, 0.1) is 17.3 Å². The molecule has 1 spiro atoms. The highest BCUT2D eigenvalue weighted by molar-refractivity contribution is 9.10. The van der Waals surface area contributed by atoms with Gasteiger partial charge in [0.05, 0.1) is 12.6 Å². The number of fused-ring (bicyclic) bond motifs is 3. The van der Waals surface area contributed by atoms with Crippen molar-refractivity contribution in [2.75, 3.05) is 18.6 Å². The number of hydrogen-bond acceptors (Lipinski definition) is 2. The minimum absolute atomic E-state index is 0.0755. The highest BCUT2D eigenvalue weighted by Crippen LogP contribution is 2.65. The number of allylic oxidation sites excluding steroid dienone is 1. The number of aryl methyl sites for hydroxylation is 1. The van der Waals surface area contributed by atoms with E-state index in [2.05, 4.69) is 82.9 Å². The van der Waals surface area contributed by atoms with Crippen LogP contribution in [0.5, 0.6) is 5.75 Å². The van der Waals surface area contributed by atoms with Gasteiger partial charge in [-0.25, -0.2) is 0 Å². The lowest BCUT2D eigenvalue weighted by atomic mass is 9.46. The first-order chi connectivity index (χ1) is 14.0.